The molecule has 20 heavy (non-hydrogen) atoms. The Labute approximate surface area is 124 Å². The molecule has 0 aromatic heterocycles. The molecule has 4 nitrogen and oxygen atoms in total. The van der Waals surface area contributed by atoms with Crippen molar-refractivity contribution in [3.63, 3.8) is 0 Å². The van der Waals surface area contributed by atoms with Gasteiger partial charge in [0.1, 0.15) is 0 Å². The molecule has 1 heterocycles. The Morgan fingerprint density at radius 2 is 1.95 bits per heavy atom. The third-order valence-electron chi connectivity index (χ3n) is 4.96. The van der Waals surface area contributed by atoms with Gasteiger partial charge in [-0.15, -0.1) is 0 Å². The summed E-state index contributed by atoms with van der Waals surface area (Å²) in [7, 11) is 1.76. The van der Waals surface area contributed by atoms with E-state index in [0.29, 0.717) is 24.8 Å². The van der Waals surface area contributed by atoms with E-state index in [-0.39, 0.29) is 17.0 Å². The molecule has 0 radical (unpaired) electrons. The number of carbonyl (C=O) groups excluding carboxylic acids is 1. The van der Waals surface area contributed by atoms with Crippen LogP contribution in [0, 0.1) is 11.8 Å². The van der Waals surface area contributed by atoms with E-state index in [4.69, 9.17) is 4.84 Å². The average Bonchev–Trinajstić information content (AvgIpc) is 2.32. The summed E-state index contributed by atoms with van der Waals surface area (Å²) in [6.45, 7) is 13.9. The van der Waals surface area contributed by atoms with Gasteiger partial charge in [-0.2, -0.15) is 5.06 Å². The van der Waals surface area contributed by atoms with E-state index >= 15 is 0 Å². The summed E-state index contributed by atoms with van der Waals surface area (Å²) in [4.78, 5) is 17.3. The number of rotatable bonds is 5. The lowest BCUT2D eigenvalue weighted by Gasteiger charge is -2.57. The quantitative estimate of drug-likeness (QED) is 0.844. The Morgan fingerprint density at radius 3 is 2.45 bits per heavy atom. The van der Waals surface area contributed by atoms with Gasteiger partial charge < -0.3 is 10.2 Å². The van der Waals surface area contributed by atoms with E-state index in [2.05, 4.69) is 45.0 Å². The predicted octanol–water partition coefficient (Wildman–Crippen LogP) is 2.98. The fourth-order valence-electron chi connectivity index (χ4n) is 3.88. The summed E-state index contributed by atoms with van der Waals surface area (Å²) in [5, 5.41) is 5.02. The van der Waals surface area contributed by atoms with Crippen molar-refractivity contribution in [1.82, 2.24) is 10.4 Å². The fourth-order valence-corrected chi connectivity index (χ4v) is 3.88. The molecule has 0 bridgehead atoms. The van der Waals surface area contributed by atoms with E-state index in [1.54, 1.807) is 7.11 Å². The Kier molecular flexibility index (Phi) is 5.61. The van der Waals surface area contributed by atoms with Gasteiger partial charge in [0.05, 0.1) is 7.11 Å². The molecule has 118 valence electrons. The highest BCUT2D eigenvalue weighted by Gasteiger charge is 2.50. The molecule has 1 N–H and O–H groups in total. The Morgan fingerprint density at radius 1 is 1.35 bits per heavy atom. The minimum absolute atomic E-state index is 0.00331. The summed E-state index contributed by atoms with van der Waals surface area (Å²) < 4.78 is 0. The van der Waals surface area contributed by atoms with Gasteiger partial charge >= 0.3 is 0 Å². The largest absolute Gasteiger partial charge is 0.356 e. The molecule has 1 saturated heterocycles. The first-order valence-electron chi connectivity index (χ1n) is 7.78. The third kappa shape index (κ3) is 3.53. The number of hydroxylamine groups is 2. The van der Waals surface area contributed by atoms with Crippen LogP contribution in [0.15, 0.2) is 0 Å². The number of carbonyl (C=O) groups is 1. The van der Waals surface area contributed by atoms with Gasteiger partial charge in [0.25, 0.3) is 0 Å². The van der Waals surface area contributed by atoms with Crippen LogP contribution < -0.4 is 5.32 Å². The number of hydrogen-bond donors (Lipinski definition) is 1. The Bertz CT molecular complexity index is 339. The monoisotopic (exact) mass is 284 g/mol. The topological polar surface area (TPSA) is 41.6 Å². The van der Waals surface area contributed by atoms with Crippen LogP contribution in [-0.2, 0) is 9.63 Å². The van der Waals surface area contributed by atoms with Crippen LogP contribution in [-0.4, -0.2) is 35.7 Å². The second kappa shape index (κ2) is 6.44. The van der Waals surface area contributed by atoms with Gasteiger partial charge in [-0.25, -0.2) is 0 Å². The van der Waals surface area contributed by atoms with Crippen molar-refractivity contribution in [2.75, 3.05) is 13.7 Å². The van der Waals surface area contributed by atoms with E-state index in [1.807, 2.05) is 6.92 Å². The standard InChI is InChI=1S/C16H32N2O2/c1-8-17-14(19)10-9-13-11-15(3,4)18(20-7)16(5,6)12(13)2/h12-13H,8-11H2,1-7H3,(H,17,19). The zero-order valence-corrected chi connectivity index (χ0v) is 14.2. The van der Waals surface area contributed by atoms with Crippen molar-refractivity contribution < 1.29 is 9.63 Å². The van der Waals surface area contributed by atoms with Gasteiger partial charge in [-0.05, 0) is 59.3 Å². The Balaban J connectivity index is 2.77. The lowest BCUT2D eigenvalue weighted by molar-refractivity contribution is -0.287. The highest BCUT2D eigenvalue weighted by molar-refractivity contribution is 5.75. The summed E-state index contributed by atoms with van der Waals surface area (Å²) in [5.41, 5.74) is -0.0287. The molecular weight excluding hydrogens is 252 g/mol. The van der Waals surface area contributed by atoms with Crippen LogP contribution >= 0.6 is 0 Å². The number of piperidine rings is 1. The van der Waals surface area contributed by atoms with Crippen molar-refractivity contribution in [3.05, 3.63) is 0 Å². The zero-order chi connectivity index (χ0) is 15.6. The fraction of sp³-hybridized carbons (Fsp3) is 0.938. The molecule has 0 aliphatic carbocycles. The first-order chi connectivity index (χ1) is 9.16. The summed E-state index contributed by atoms with van der Waals surface area (Å²) in [6.07, 6.45) is 2.64. The minimum Gasteiger partial charge on any atom is -0.356 e. The molecule has 0 spiro atoms. The van der Waals surface area contributed by atoms with Crippen molar-refractivity contribution in [1.29, 1.82) is 0 Å². The number of amides is 1. The molecular formula is C16H32N2O2. The van der Waals surface area contributed by atoms with Crippen molar-refractivity contribution >= 4 is 5.91 Å². The van der Waals surface area contributed by atoms with Crippen molar-refractivity contribution in [3.8, 4) is 0 Å². The molecule has 2 atom stereocenters. The lowest BCUT2D eigenvalue weighted by Crippen LogP contribution is -2.63. The first kappa shape index (κ1) is 17.4. The normalized spacial score (nSPS) is 29.1. The molecule has 1 fully saturated rings. The van der Waals surface area contributed by atoms with E-state index in [9.17, 15) is 4.79 Å². The van der Waals surface area contributed by atoms with Gasteiger partial charge in [-0.1, -0.05) is 6.92 Å². The first-order valence-corrected chi connectivity index (χ1v) is 7.78. The van der Waals surface area contributed by atoms with Crippen LogP contribution in [0.3, 0.4) is 0 Å². The molecule has 2 unspecified atom stereocenters. The third-order valence-corrected chi connectivity index (χ3v) is 4.96. The van der Waals surface area contributed by atoms with E-state index < -0.39 is 0 Å². The summed E-state index contributed by atoms with van der Waals surface area (Å²) >= 11 is 0. The van der Waals surface area contributed by atoms with Gasteiger partial charge in [-0.3, -0.25) is 4.79 Å². The highest BCUT2D eigenvalue weighted by atomic mass is 16.7. The van der Waals surface area contributed by atoms with Crippen LogP contribution in [0.5, 0.6) is 0 Å². The lowest BCUT2D eigenvalue weighted by atomic mass is 9.67. The maximum absolute atomic E-state index is 11.7. The van der Waals surface area contributed by atoms with Crippen molar-refractivity contribution in [2.45, 2.75) is 71.9 Å². The molecule has 1 aliphatic rings. The second-order valence-corrected chi connectivity index (χ2v) is 7.19. The predicted molar refractivity (Wildman–Crippen MR) is 82.2 cm³/mol. The molecule has 0 saturated carbocycles. The maximum atomic E-state index is 11.7. The molecule has 1 aliphatic heterocycles. The van der Waals surface area contributed by atoms with Crippen LogP contribution in [0.25, 0.3) is 0 Å². The van der Waals surface area contributed by atoms with Gasteiger partial charge in [0.2, 0.25) is 5.91 Å². The van der Waals surface area contributed by atoms with Crippen molar-refractivity contribution in [2.24, 2.45) is 11.8 Å². The van der Waals surface area contributed by atoms with Crippen LogP contribution in [0.4, 0.5) is 0 Å². The second-order valence-electron chi connectivity index (χ2n) is 7.19. The molecule has 0 aromatic rings. The van der Waals surface area contributed by atoms with Crippen LogP contribution in [0.2, 0.25) is 0 Å². The number of hydrogen-bond acceptors (Lipinski definition) is 3. The summed E-state index contributed by atoms with van der Waals surface area (Å²) in [5.74, 6) is 1.21. The average molecular weight is 284 g/mol. The summed E-state index contributed by atoms with van der Waals surface area (Å²) in [6, 6.07) is 0. The van der Waals surface area contributed by atoms with Gasteiger partial charge in [0, 0.05) is 24.0 Å². The smallest absolute Gasteiger partial charge is 0.219 e. The van der Waals surface area contributed by atoms with E-state index in [0.717, 1.165) is 12.8 Å². The molecule has 0 aromatic carbocycles. The highest BCUT2D eigenvalue weighted by Crippen LogP contribution is 2.46. The minimum atomic E-state index is -0.0254. The Hall–Kier alpha value is -0.610. The molecule has 4 heteroatoms. The van der Waals surface area contributed by atoms with Gasteiger partial charge in [0.15, 0.2) is 0 Å². The maximum Gasteiger partial charge on any atom is 0.219 e. The van der Waals surface area contributed by atoms with E-state index in [1.165, 1.54) is 0 Å². The zero-order valence-electron chi connectivity index (χ0n) is 14.2. The molecule has 1 amide bonds. The van der Waals surface area contributed by atoms with Crippen LogP contribution in [0.1, 0.15) is 60.8 Å². The number of nitrogens with one attached hydrogen (secondary N) is 1. The number of nitrogens with zero attached hydrogens (tertiary/aromatic N) is 1. The molecule has 1 rings (SSSR count). The SMILES string of the molecule is CCNC(=O)CCC1CC(C)(C)N(OC)C(C)(C)C1C.